The van der Waals surface area contributed by atoms with Gasteiger partial charge in [0.05, 0.1) is 0 Å². The first kappa shape index (κ1) is 16.6. The van der Waals surface area contributed by atoms with Crippen LogP contribution in [-0.4, -0.2) is 18.5 Å². The Morgan fingerprint density at radius 1 is 0.957 bits per heavy atom. The van der Waals surface area contributed by atoms with E-state index in [4.69, 9.17) is 11.6 Å². The number of halogens is 1. The Morgan fingerprint density at radius 2 is 1.52 bits per heavy atom. The van der Waals surface area contributed by atoms with Crippen LogP contribution in [0, 0.1) is 0 Å². The third-order valence-corrected chi connectivity index (χ3v) is 3.17. The molecule has 3 amide bonds. The van der Waals surface area contributed by atoms with Gasteiger partial charge < -0.3 is 16.0 Å². The Kier molecular flexibility index (Phi) is 5.77. The Bertz CT molecular complexity index is 697. The molecular formula is C17H16ClN3O2. The minimum atomic E-state index is -0.317. The summed E-state index contributed by atoms with van der Waals surface area (Å²) in [6, 6.07) is 13.1. The van der Waals surface area contributed by atoms with Crippen molar-refractivity contribution in [3.8, 4) is 0 Å². The van der Waals surface area contributed by atoms with Crippen LogP contribution >= 0.6 is 11.6 Å². The third kappa shape index (κ3) is 5.16. The average Bonchev–Trinajstić information content (AvgIpc) is 2.55. The molecule has 0 bridgehead atoms. The van der Waals surface area contributed by atoms with Gasteiger partial charge in [0.25, 0.3) is 5.91 Å². The molecule has 0 aliphatic rings. The molecule has 0 atom stereocenters. The summed E-state index contributed by atoms with van der Waals surface area (Å²) in [5, 5.41) is 8.62. The molecule has 2 rings (SSSR count). The molecule has 23 heavy (non-hydrogen) atoms. The predicted octanol–water partition coefficient (Wildman–Crippen LogP) is 3.90. The van der Waals surface area contributed by atoms with Gasteiger partial charge in [0.1, 0.15) is 0 Å². The number of rotatable bonds is 5. The van der Waals surface area contributed by atoms with Gasteiger partial charge in [-0.1, -0.05) is 17.7 Å². The van der Waals surface area contributed by atoms with Gasteiger partial charge in [0.2, 0.25) is 0 Å². The Morgan fingerprint density at radius 3 is 2.09 bits per heavy atom. The Labute approximate surface area is 139 Å². The van der Waals surface area contributed by atoms with E-state index in [-0.39, 0.29) is 11.9 Å². The number of hydrogen-bond donors (Lipinski definition) is 3. The topological polar surface area (TPSA) is 70.2 Å². The van der Waals surface area contributed by atoms with Gasteiger partial charge in [-0.05, 0) is 48.5 Å². The van der Waals surface area contributed by atoms with Crippen molar-refractivity contribution >= 4 is 34.9 Å². The van der Waals surface area contributed by atoms with E-state index in [9.17, 15) is 9.59 Å². The van der Waals surface area contributed by atoms with Gasteiger partial charge in [-0.3, -0.25) is 4.79 Å². The average molecular weight is 330 g/mol. The van der Waals surface area contributed by atoms with E-state index in [2.05, 4.69) is 22.5 Å². The predicted molar refractivity (Wildman–Crippen MR) is 93.1 cm³/mol. The molecule has 2 aromatic rings. The monoisotopic (exact) mass is 329 g/mol. The minimum Gasteiger partial charge on any atom is -0.334 e. The summed E-state index contributed by atoms with van der Waals surface area (Å²) in [7, 11) is 0. The zero-order chi connectivity index (χ0) is 16.7. The second kappa shape index (κ2) is 8.00. The van der Waals surface area contributed by atoms with Gasteiger partial charge in [-0.2, -0.15) is 0 Å². The van der Waals surface area contributed by atoms with Gasteiger partial charge in [0.15, 0.2) is 0 Å². The molecule has 0 radical (unpaired) electrons. The number of benzene rings is 2. The fraction of sp³-hybridized carbons (Fsp3) is 0.0588. The van der Waals surface area contributed by atoms with Crippen molar-refractivity contribution in [3.63, 3.8) is 0 Å². The molecule has 3 N–H and O–H groups in total. The largest absolute Gasteiger partial charge is 0.334 e. The lowest BCUT2D eigenvalue weighted by Gasteiger charge is -2.08. The molecule has 0 heterocycles. The summed E-state index contributed by atoms with van der Waals surface area (Å²) in [5.74, 6) is -0.230. The first-order valence-electron chi connectivity index (χ1n) is 6.91. The molecule has 0 saturated heterocycles. The molecule has 0 fully saturated rings. The van der Waals surface area contributed by atoms with Crippen LogP contribution in [-0.2, 0) is 0 Å². The van der Waals surface area contributed by atoms with Crippen LogP contribution in [0.3, 0.4) is 0 Å². The van der Waals surface area contributed by atoms with Gasteiger partial charge >= 0.3 is 6.03 Å². The maximum atomic E-state index is 12.1. The number of carbonyl (C=O) groups is 2. The number of carbonyl (C=O) groups excluding carboxylic acids is 2. The molecule has 0 unspecified atom stereocenters. The number of nitrogens with one attached hydrogen (secondary N) is 3. The van der Waals surface area contributed by atoms with Crippen LogP contribution in [0.5, 0.6) is 0 Å². The molecule has 0 aromatic heterocycles. The van der Waals surface area contributed by atoms with Gasteiger partial charge in [-0.25, -0.2) is 4.79 Å². The van der Waals surface area contributed by atoms with Crippen LogP contribution in [0.2, 0.25) is 5.02 Å². The molecule has 0 saturated carbocycles. The van der Waals surface area contributed by atoms with E-state index in [0.29, 0.717) is 28.5 Å². The zero-order valence-corrected chi connectivity index (χ0v) is 13.1. The summed E-state index contributed by atoms with van der Waals surface area (Å²) >= 11 is 5.79. The quantitative estimate of drug-likeness (QED) is 0.728. The second-order valence-electron chi connectivity index (χ2n) is 4.66. The highest BCUT2D eigenvalue weighted by Crippen LogP contribution is 2.15. The van der Waals surface area contributed by atoms with E-state index < -0.39 is 0 Å². The summed E-state index contributed by atoms with van der Waals surface area (Å²) in [5.41, 5.74) is 1.76. The summed E-state index contributed by atoms with van der Waals surface area (Å²) in [4.78, 5) is 23.6. The van der Waals surface area contributed by atoms with E-state index in [1.54, 1.807) is 54.6 Å². The van der Waals surface area contributed by atoms with E-state index in [1.807, 2.05) is 0 Å². The van der Waals surface area contributed by atoms with Gasteiger partial charge in [0, 0.05) is 28.5 Å². The molecule has 0 spiro atoms. The molecule has 0 aliphatic carbocycles. The normalized spacial score (nSPS) is 9.78. The van der Waals surface area contributed by atoms with Crippen molar-refractivity contribution < 1.29 is 9.59 Å². The van der Waals surface area contributed by atoms with E-state index in [1.165, 1.54) is 0 Å². The standard InChI is InChI=1S/C17H16ClN3O2/c1-2-11-19-17(23)21-15-9-7-14(8-10-15)20-16(22)12-3-5-13(18)6-4-12/h2-10H,1,11H2,(H,20,22)(H2,19,21,23). The first-order chi connectivity index (χ1) is 11.1. The molecule has 6 heteroatoms. The number of urea groups is 1. The molecular weight excluding hydrogens is 314 g/mol. The molecule has 5 nitrogen and oxygen atoms in total. The van der Waals surface area contributed by atoms with E-state index >= 15 is 0 Å². The van der Waals surface area contributed by atoms with Crippen molar-refractivity contribution in [1.29, 1.82) is 0 Å². The summed E-state index contributed by atoms with van der Waals surface area (Å²) in [6.07, 6.45) is 1.59. The van der Waals surface area contributed by atoms with Crippen molar-refractivity contribution in [2.24, 2.45) is 0 Å². The van der Waals surface area contributed by atoms with Crippen molar-refractivity contribution in [2.75, 3.05) is 17.2 Å². The van der Waals surface area contributed by atoms with Crippen LogP contribution in [0.25, 0.3) is 0 Å². The fourth-order valence-corrected chi connectivity index (χ4v) is 1.91. The summed E-state index contributed by atoms with van der Waals surface area (Å²) < 4.78 is 0. The van der Waals surface area contributed by atoms with Crippen molar-refractivity contribution in [3.05, 3.63) is 71.8 Å². The SMILES string of the molecule is C=CCNC(=O)Nc1ccc(NC(=O)c2ccc(Cl)cc2)cc1. The lowest BCUT2D eigenvalue weighted by Crippen LogP contribution is -2.28. The second-order valence-corrected chi connectivity index (χ2v) is 5.10. The van der Waals surface area contributed by atoms with Crippen LogP contribution in [0.15, 0.2) is 61.2 Å². The number of amides is 3. The Hall–Kier alpha value is -2.79. The van der Waals surface area contributed by atoms with Crippen LogP contribution < -0.4 is 16.0 Å². The maximum Gasteiger partial charge on any atom is 0.319 e. The lowest BCUT2D eigenvalue weighted by atomic mass is 10.2. The van der Waals surface area contributed by atoms with E-state index in [0.717, 1.165) is 0 Å². The number of hydrogen-bond acceptors (Lipinski definition) is 2. The maximum absolute atomic E-state index is 12.1. The van der Waals surface area contributed by atoms with Crippen LogP contribution in [0.1, 0.15) is 10.4 Å². The molecule has 2 aromatic carbocycles. The van der Waals surface area contributed by atoms with Crippen molar-refractivity contribution in [1.82, 2.24) is 5.32 Å². The Balaban J connectivity index is 1.94. The molecule has 0 aliphatic heterocycles. The van der Waals surface area contributed by atoms with Crippen LogP contribution in [0.4, 0.5) is 16.2 Å². The lowest BCUT2D eigenvalue weighted by molar-refractivity contribution is 0.102. The number of anilines is 2. The summed E-state index contributed by atoms with van der Waals surface area (Å²) in [6.45, 7) is 3.91. The van der Waals surface area contributed by atoms with Gasteiger partial charge in [-0.15, -0.1) is 6.58 Å². The molecule has 118 valence electrons. The highest BCUT2D eigenvalue weighted by Gasteiger charge is 2.06. The fourth-order valence-electron chi connectivity index (χ4n) is 1.78. The minimum absolute atomic E-state index is 0.230. The highest BCUT2D eigenvalue weighted by atomic mass is 35.5. The smallest absolute Gasteiger partial charge is 0.319 e. The first-order valence-corrected chi connectivity index (χ1v) is 7.29. The highest BCUT2D eigenvalue weighted by molar-refractivity contribution is 6.30. The zero-order valence-electron chi connectivity index (χ0n) is 12.3. The van der Waals surface area contributed by atoms with Crippen molar-refractivity contribution in [2.45, 2.75) is 0 Å². The third-order valence-electron chi connectivity index (χ3n) is 2.91.